The summed E-state index contributed by atoms with van der Waals surface area (Å²) >= 11 is 0. The summed E-state index contributed by atoms with van der Waals surface area (Å²) in [6.07, 6.45) is 5.07. The molecule has 2 heterocycles. The lowest BCUT2D eigenvalue weighted by atomic mass is 9.81. The van der Waals surface area contributed by atoms with Crippen LogP contribution in [0.1, 0.15) is 64.2 Å². The van der Waals surface area contributed by atoms with E-state index in [9.17, 15) is 4.79 Å². The van der Waals surface area contributed by atoms with Crippen LogP contribution in [0.5, 0.6) is 0 Å². The van der Waals surface area contributed by atoms with Crippen molar-refractivity contribution in [2.45, 2.75) is 59.4 Å². The van der Waals surface area contributed by atoms with E-state index in [1.54, 1.807) is 12.3 Å². The molecule has 1 amide bonds. The predicted octanol–water partition coefficient (Wildman–Crippen LogP) is 3.63. The van der Waals surface area contributed by atoms with Crippen LogP contribution in [-0.4, -0.2) is 29.5 Å². The first kappa shape index (κ1) is 16.8. The lowest BCUT2D eigenvalue weighted by molar-refractivity contribution is 0.0891. The number of pyridine rings is 1. The molecule has 1 N–H and O–H groups in total. The number of carbonyl (C=O) groups is 1. The standard InChI is InChI=1S/C18H29N3O/c1-17(2,3)13-18(4,5)20-16(22)14-8-9-19-15(12-14)21-10-6-7-11-21/h8-9,12H,6-7,10-11,13H2,1-5H3,(H,20,22). The van der Waals surface area contributed by atoms with Gasteiger partial charge in [0.2, 0.25) is 0 Å². The molecule has 0 bridgehead atoms. The van der Waals surface area contributed by atoms with Crippen molar-refractivity contribution in [3.8, 4) is 0 Å². The van der Waals surface area contributed by atoms with E-state index in [2.05, 4.69) is 49.8 Å². The molecule has 0 radical (unpaired) electrons. The zero-order valence-corrected chi connectivity index (χ0v) is 14.6. The van der Waals surface area contributed by atoms with Crippen LogP contribution in [-0.2, 0) is 0 Å². The number of amides is 1. The lowest BCUT2D eigenvalue weighted by Gasteiger charge is -2.33. The van der Waals surface area contributed by atoms with E-state index in [1.165, 1.54) is 12.8 Å². The van der Waals surface area contributed by atoms with Gasteiger partial charge in [-0.2, -0.15) is 0 Å². The summed E-state index contributed by atoms with van der Waals surface area (Å²) in [4.78, 5) is 19.2. The van der Waals surface area contributed by atoms with Crippen molar-refractivity contribution in [1.29, 1.82) is 0 Å². The van der Waals surface area contributed by atoms with Crippen LogP contribution in [0, 0.1) is 5.41 Å². The fraction of sp³-hybridized carbons (Fsp3) is 0.667. The number of anilines is 1. The molecule has 1 aromatic heterocycles. The molecule has 1 aliphatic rings. The Labute approximate surface area is 134 Å². The summed E-state index contributed by atoms with van der Waals surface area (Å²) < 4.78 is 0. The van der Waals surface area contributed by atoms with E-state index in [1.807, 2.05) is 6.07 Å². The minimum absolute atomic E-state index is 0.0166. The Kier molecular flexibility index (Phi) is 4.78. The maximum absolute atomic E-state index is 12.6. The Bertz CT molecular complexity index is 525. The molecule has 4 heteroatoms. The SMILES string of the molecule is CC(C)(C)CC(C)(C)NC(=O)c1ccnc(N2CCCC2)c1. The summed E-state index contributed by atoms with van der Waals surface area (Å²) in [6, 6.07) is 3.70. The van der Waals surface area contributed by atoms with Crippen molar-refractivity contribution in [3.63, 3.8) is 0 Å². The Balaban J connectivity index is 2.07. The molecule has 1 fully saturated rings. The van der Waals surface area contributed by atoms with Gasteiger partial charge in [-0.25, -0.2) is 4.98 Å². The van der Waals surface area contributed by atoms with Crippen molar-refractivity contribution < 1.29 is 4.79 Å². The minimum Gasteiger partial charge on any atom is -0.357 e. The average Bonchev–Trinajstić information content (AvgIpc) is 2.89. The number of nitrogens with one attached hydrogen (secondary N) is 1. The van der Waals surface area contributed by atoms with Crippen molar-refractivity contribution in [2.24, 2.45) is 5.41 Å². The van der Waals surface area contributed by atoms with Gasteiger partial charge in [0.15, 0.2) is 0 Å². The molecule has 22 heavy (non-hydrogen) atoms. The number of rotatable bonds is 4. The highest BCUT2D eigenvalue weighted by atomic mass is 16.1. The summed E-state index contributed by atoms with van der Waals surface area (Å²) in [5, 5.41) is 3.16. The Morgan fingerprint density at radius 2 is 1.86 bits per heavy atom. The monoisotopic (exact) mass is 303 g/mol. The Hall–Kier alpha value is -1.58. The predicted molar refractivity (Wildman–Crippen MR) is 91.3 cm³/mol. The minimum atomic E-state index is -0.230. The first-order valence-corrected chi connectivity index (χ1v) is 8.20. The van der Waals surface area contributed by atoms with Gasteiger partial charge in [0, 0.05) is 30.4 Å². The first-order chi connectivity index (χ1) is 10.2. The van der Waals surface area contributed by atoms with Crippen LogP contribution in [0.4, 0.5) is 5.82 Å². The quantitative estimate of drug-likeness (QED) is 0.924. The number of hydrogen-bond donors (Lipinski definition) is 1. The van der Waals surface area contributed by atoms with Crippen LogP contribution in [0.3, 0.4) is 0 Å². The molecule has 0 spiro atoms. The lowest BCUT2D eigenvalue weighted by Crippen LogP contribution is -2.45. The molecule has 1 aromatic rings. The maximum Gasteiger partial charge on any atom is 0.251 e. The molecule has 0 aromatic carbocycles. The van der Waals surface area contributed by atoms with Gasteiger partial charge < -0.3 is 10.2 Å². The van der Waals surface area contributed by atoms with E-state index in [0.717, 1.165) is 25.3 Å². The van der Waals surface area contributed by atoms with Crippen LogP contribution >= 0.6 is 0 Å². The third-order valence-corrected chi connectivity index (χ3v) is 3.86. The second-order valence-electron chi connectivity index (χ2n) is 8.17. The van der Waals surface area contributed by atoms with Crippen LogP contribution in [0.15, 0.2) is 18.3 Å². The second kappa shape index (κ2) is 6.27. The summed E-state index contributed by atoms with van der Waals surface area (Å²) in [7, 11) is 0. The fourth-order valence-electron chi connectivity index (χ4n) is 3.43. The number of carbonyl (C=O) groups excluding carboxylic acids is 1. The van der Waals surface area contributed by atoms with Crippen molar-refractivity contribution in [3.05, 3.63) is 23.9 Å². The van der Waals surface area contributed by atoms with Gasteiger partial charge in [-0.1, -0.05) is 20.8 Å². The van der Waals surface area contributed by atoms with Gasteiger partial charge in [0.25, 0.3) is 5.91 Å². The Morgan fingerprint density at radius 3 is 2.45 bits per heavy atom. The molecule has 0 saturated carbocycles. The zero-order valence-electron chi connectivity index (χ0n) is 14.6. The zero-order chi connectivity index (χ0) is 16.4. The highest BCUT2D eigenvalue weighted by Crippen LogP contribution is 2.27. The van der Waals surface area contributed by atoms with Gasteiger partial charge in [-0.3, -0.25) is 4.79 Å². The number of nitrogens with zero attached hydrogens (tertiary/aromatic N) is 2. The summed E-state index contributed by atoms with van der Waals surface area (Å²) in [6.45, 7) is 12.8. The molecule has 2 rings (SSSR count). The molecule has 0 unspecified atom stereocenters. The Morgan fingerprint density at radius 1 is 1.23 bits per heavy atom. The van der Waals surface area contributed by atoms with E-state index < -0.39 is 0 Å². The van der Waals surface area contributed by atoms with E-state index in [4.69, 9.17) is 0 Å². The molecule has 1 saturated heterocycles. The number of hydrogen-bond acceptors (Lipinski definition) is 3. The topological polar surface area (TPSA) is 45.2 Å². The summed E-state index contributed by atoms with van der Waals surface area (Å²) in [5.41, 5.74) is 0.640. The van der Waals surface area contributed by atoms with Gasteiger partial charge in [-0.05, 0) is 50.7 Å². The highest BCUT2D eigenvalue weighted by Gasteiger charge is 2.27. The van der Waals surface area contributed by atoms with Crippen LogP contribution in [0.25, 0.3) is 0 Å². The third kappa shape index (κ3) is 4.72. The molecule has 1 aliphatic heterocycles. The highest BCUT2D eigenvalue weighted by molar-refractivity contribution is 5.95. The largest absolute Gasteiger partial charge is 0.357 e. The third-order valence-electron chi connectivity index (χ3n) is 3.86. The van der Waals surface area contributed by atoms with Crippen molar-refractivity contribution in [1.82, 2.24) is 10.3 Å². The molecular formula is C18H29N3O. The average molecular weight is 303 g/mol. The fourth-order valence-corrected chi connectivity index (χ4v) is 3.43. The summed E-state index contributed by atoms with van der Waals surface area (Å²) in [5.74, 6) is 0.899. The van der Waals surface area contributed by atoms with Crippen LogP contribution < -0.4 is 10.2 Å². The van der Waals surface area contributed by atoms with Gasteiger partial charge >= 0.3 is 0 Å². The first-order valence-electron chi connectivity index (χ1n) is 8.20. The van der Waals surface area contributed by atoms with Gasteiger partial charge in [0.05, 0.1) is 0 Å². The molecule has 0 atom stereocenters. The van der Waals surface area contributed by atoms with Gasteiger partial charge in [-0.15, -0.1) is 0 Å². The normalized spacial score (nSPS) is 16.0. The molecule has 122 valence electrons. The maximum atomic E-state index is 12.6. The van der Waals surface area contributed by atoms with Gasteiger partial charge in [0.1, 0.15) is 5.82 Å². The van der Waals surface area contributed by atoms with E-state index in [0.29, 0.717) is 5.56 Å². The second-order valence-corrected chi connectivity index (χ2v) is 8.17. The van der Waals surface area contributed by atoms with E-state index in [-0.39, 0.29) is 16.9 Å². The number of aromatic nitrogens is 1. The van der Waals surface area contributed by atoms with Crippen LogP contribution in [0.2, 0.25) is 0 Å². The van der Waals surface area contributed by atoms with Crippen molar-refractivity contribution in [2.75, 3.05) is 18.0 Å². The molecule has 0 aliphatic carbocycles. The van der Waals surface area contributed by atoms with Crippen molar-refractivity contribution >= 4 is 11.7 Å². The smallest absolute Gasteiger partial charge is 0.251 e. The molecule has 4 nitrogen and oxygen atoms in total. The van der Waals surface area contributed by atoms with E-state index >= 15 is 0 Å². The molecular weight excluding hydrogens is 274 g/mol.